The standard InChI is InChI=1S/C19H14F3N3O2S/c1-11(26)23-15-8-4-12(5-9-15)16-10-28-18(24-16)25-17(27)13-2-6-14(7-3-13)19(20,21)22/h2-10H,1H3,(H,23,26)(H,24,25,27). The lowest BCUT2D eigenvalue weighted by Crippen LogP contribution is -2.12. The van der Waals surface area contributed by atoms with Gasteiger partial charge in [0.25, 0.3) is 5.91 Å². The minimum atomic E-state index is -4.45. The van der Waals surface area contributed by atoms with Gasteiger partial charge in [-0.3, -0.25) is 14.9 Å². The highest BCUT2D eigenvalue weighted by atomic mass is 32.1. The Bertz CT molecular complexity index is 997. The van der Waals surface area contributed by atoms with Crippen molar-refractivity contribution < 1.29 is 22.8 Å². The molecule has 3 rings (SSSR count). The van der Waals surface area contributed by atoms with Gasteiger partial charge in [-0.1, -0.05) is 12.1 Å². The molecule has 0 saturated carbocycles. The summed E-state index contributed by atoms with van der Waals surface area (Å²) in [6.45, 7) is 1.42. The lowest BCUT2D eigenvalue weighted by atomic mass is 10.1. The molecule has 2 amide bonds. The van der Waals surface area contributed by atoms with E-state index in [1.165, 1.54) is 18.3 Å². The number of aromatic nitrogens is 1. The number of halogens is 3. The van der Waals surface area contributed by atoms with Crippen LogP contribution >= 0.6 is 11.3 Å². The summed E-state index contributed by atoms with van der Waals surface area (Å²) < 4.78 is 37.8. The molecule has 5 nitrogen and oxygen atoms in total. The average Bonchev–Trinajstić information content (AvgIpc) is 3.09. The Hall–Kier alpha value is -3.20. The number of anilines is 2. The third-order valence-electron chi connectivity index (χ3n) is 3.70. The number of hydrogen-bond donors (Lipinski definition) is 2. The number of rotatable bonds is 4. The monoisotopic (exact) mass is 405 g/mol. The summed E-state index contributed by atoms with van der Waals surface area (Å²) in [5, 5.41) is 7.31. The van der Waals surface area contributed by atoms with Gasteiger partial charge in [0.05, 0.1) is 11.3 Å². The van der Waals surface area contributed by atoms with Crippen LogP contribution in [0.4, 0.5) is 24.0 Å². The van der Waals surface area contributed by atoms with Crippen molar-refractivity contribution >= 4 is 34.0 Å². The van der Waals surface area contributed by atoms with Crippen molar-refractivity contribution in [3.05, 3.63) is 65.0 Å². The number of carbonyl (C=O) groups is 2. The highest BCUT2D eigenvalue weighted by Crippen LogP contribution is 2.30. The molecule has 0 atom stereocenters. The summed E-state index contributed by atoms with van der Waals surface area (Å²) in [6.07, 6.45) is -4.45. The maximum absolute atomic E-state index is 12.6. The zero-order valence-electron chi connectivity index (χ0n) is 14.5. The van der Waals surface area contributed by atoms with Crippen molar-refractivity contribution in [2.75, 3.05) is 10.6 Å². The second-order valence-electron chi connectivity index (χ2n) is 5.83. The van der Waals surface area contributed by atoms with E-state index in [4.69, 9.17) is 0 Å². The minimum absolute atomic E-state index is 0.101. The van der Waals surface area contributed by atoms with Crippen LogP contribution in [-0.2, 0) is 11.0 Å². The number of benzene rings is 2. The summed E-state index contributed by atoms with van der Waals surface area (Å²) >= 11 is 1.20. The van der Waals surface area contributed by atoms with Gasteiger partial charge in [0, 0.05) is 29.1 Å². The second-order valence-corrected chi connectivity index (χ2v) is 6.68. The predicted octanol–water partition coefficient (Wildman–Crippen LogP) is 5.04. The molecule has 0 spiro atoms. The molecule has 9 heteroatoms. The van der Waals surface area contributed by atoms with E-state index in [1.54, 1.807) is 29.6 Å². The molecule has 0 aliphatic carbocycles. The molecule has 0 aliphatic heterocycles. The van der Waals surface area contributed by atoms with E-state index in [1.807, 2.05) is 0 Å². The smallest absolute Gasteiger partial charge is 0.326 e. The Morgan fingerprint density at radius 2 is 1.61 bits per heavy atom. The molecule has 0 unspecified atom stereocenters. The number of amides is 2. The van der Waals surface area contributed by atoms with Gasteiger partial charge in [-0.2, -0.15) is 13.2 Å². The molecule has 2 N–H and O–H groups in total. The van der Waals surface area contributed by atoms with Gasteiger partial charge in [-0.05, 0) is 36.4 Å². The predicted molar refractivity (Wildman–Crippen MR) is 101 cm³/mol. The molecule has 2 aromatic carbocycles. The molecule has 0 bridgehead atoms. The summed E-state index contributed by atoms with van der Waals surface area (Å²) in [6, 6.07) is 11.0. The van der Waals surface area contributed by atoms with E-state index in [9.17, 15) is 22.8 Å². The number of hydrogen-bond acceptors (Lipinski definition) is 4. The van der Waals surface area contributed by atoms with Crippen molar-refractivity contribution in [2.45, 2.75) is 13.1 Å². The van der Waals surface area contributed by atoms with Gasteiger partial charge in [-0.25, -0.2) is 4.98 Å². The van der Waals surface area contributed by atoms with E-state index >= 15 is 0 Å². The van der Waals surface area contributed by atoms with Crippen LogP contribution in [0.15, 0.2) is 53.9 Å². The first-order valence-corrected chi connectivity index (χ1v) is 8.92. The molecule has 3 aromatic rings. The molecule has 144 valence electrons. The summed E-state index contributed by atoms with van der Waals surface area (Å²) in [7, 11) is 0. The molecule has 1 heterocycles. The molecular formula is C19H14F3N3O2S. The molecule has 0 aliphatic rings. The van der Waals surface area contributed by atoms with Crippen LogP contribution in [0, 0.1) is 0 Å². The number of nitrogens with zero attached hydrogens (tertiary/aromatic N) is 1. The van der Waals surface area contributed by atoms with Crippen molar-refractivity contribution in [1.82, 2.24) is 4.98 Å². The van der Waals surface area contributed by atoms with Crippen molar-refractivity contribution in [3.63, 3.8) is 0 Å². The van der Waals surface area contributed by atoms with Gasteiger partial charge in [0.15, 0.2) is 5.13 Å². The third-order valence-corrected chi connectivity index (χ3v) is 4.46. The lowest BCUT2D eigenvalue weighted by molar-refractivity contribution is -0.137. The van der Waals surface area contributed by atoms with Crippen LogP contribution in [-0.4, -0.2) is 16.8 Å². The summed E-state index contributed by atoms with van der Waals surface area (Å²) in [5.74, 6) is -0.717. The number of carbonyl (C=O) groups excluding carboxylic acids is 2. The number of alkyl halides is 3. The SMILES string of the molecule is CC(=O)Nc1ccc(-c2csc(NC(=O)c3ccc(C(F)(F)F)cc3)n2)cc1. The van der Waals surface area contributed by atoms with E-state index in [2.05, 4.69) is 15.6 Å². The van der Waals surface area contributed by atoms with Gasteiger partial charge < -0.3 is 5.32 Å². The molecule has 0 saturated heterocycles. The van der Waals surface area contributed by atoms with Crippen LogP contribution in [0.5, 0.6) is 0 Å². The Morgan fingerprint density at radius 1 is 0.964 bits per heavy atom. The van der Waals surface area contributed by atoms with E-state index in [-0.39, 0.29) is 11.5 Å². The fraction of sp³-hybridized carbons (Fsp3) is 0.105. The fourth-order valence-electron chi connectivity index (χ4n) is 2.37. The first kappa shape index (κ1) is 19.6. The zero-order chi connectivity index (χ0) is 20.3. The van der Waals surface area contributed by atoms with Gasteiger partial charge >= 0.3 is 6.18 Å². The highest BCUT2D eigenvalue weighted by molar-refractivity contribution is 7.14. The molecule has 0 radical (unpaired) electrons. The number of nitrogens with one attached hydrogen (secondary N) is 2. The largest absolute Gasteiger partial charge is 0.416 e. The lowest BCUT2D eigenvalue weighted by Gasteiger charge is -2.07. The maximum atomic E-state index is 12.6. The quantitative estimate of drug-likeness (QED) is 0.639. The molecular weight excluding hydrogens is 391 g/mol. The van der Waals surface area contributed by atoms with Crippen molar-refractivity contribution in [2.24, 2.45) is 0 Å². The Balaban J connectivity index is 1.68. The third kappa shape index (κ3) is 4.74. The normalized spacial score (nSPS) is 11.1. The van der Waals surface area contributed by atoms with E-state index in [0.717, 1.165) is 29.8 Å². The molecule has 1 aromatic heterocycles. The molecule has 28 heavy (non-hydrogen) atoms. The van der Waals surface area contributed by atoms with Crippen LogP contribution in [0.3, 0.4) is 0 Å². The van der Waals surface area contributed by atoms with Crippen molar-refractivity contribution in [1.29, 1.82) is 0 Å². The maximum Gasteiger partial charge on any atom is 0.416 e. The Labute approximate surface area is 162 Å². The molecule has 0 fully saturated rings. The summed E-state index contributed by atoms with van der Waals surface area (Å²) in [4.78, 5) is 27.6. The first-order valence-electron chi connectivity index (χ1n) is 8.04. The minimum Gasteiger partial charge on any atom is -0.326 e. The van der Waals surface area contributed by atoms with Gasteiger partial charge in [-0.15, -0.1) is 11.3 Å². The van der Waals surface area contributed by atoms with Gasteiger partial charge in [0.2, 0.25) is 5.91 Å². The van der Waals surface area contributed by atoms with Crippen LogP contribution in [0.25, 0.3) is 11.3 Å². The average molecular weight is 405 g/mol. The van der Waals surface area contributed by atoms with E-state index < -0.39 is 17.6 Å². The fourth-order valence-corrected chi connectivity index (χ4v) is 3.09. The van der Waals surface area contributed by atoms with Crippen LogP contribution < -0.4 is 10.6 Å². The Morgan fingerprint density at radius 3 is 2.18 bits per heavy atom. The van der Waals surface area contributed by atoms with Crippen LogP contribution in [0.1, 0.15) is 22.8 Å². The zero-order valence-corrected chi connectivity index (χ0v) is 15.3. The number of thiazole rings is 1. The summed E-state index contributed by atoms with van der Waals surface area (Å²) in [5.41, 5.74) is 1.36. The van der Waals surface area contributed by atoms with Crippen molar-refractivity contribution in [3.8, 4) is 11.3 Å². The van der Waals surface area contributed by atoms with Gasteiger partial charge in [0.1, 0.15) is 0 Å². The van der Waals surface area contributed by atoms with E-state index in [0.29, 0.717) is 16.5 Å². The second kappa shape index (κ2) is 7.81. The topological polar surface area (TPSA) is 71.1 Å². The van der Waals surface area contributed by atoms with Crippen LogP contribution in [0.2, 0.25) is 0 Å². The first-order chi connectivity index (χ1) is 13.2. The Kier molecular flexibility index (Phi) is 5.46. The highest BCUT2D eigenvalue weighted by Gasteiger charge is 2.30.